The van der Waals surface area contributed by atoms with E-state index in [0.717, 1.165) is 5.56 Å². The van der Waals surface area contributed by atoms with E-state index in [4.69, 9.17) is 11.6 Å². The van der Waals surface area contributed by atoms with Crippen molar-refractivity contribution in [2.24, 2.45) is 0 Å². The smallest absolute Gasteiger partial charge is 0.275 e. The Hall–Kier alpha value is -2.14. The van der Waals surface area contributed by atoms with Gasteiger partial charge >= 0.3 is 0 Å². The first-order chi connectivity index (χ1) is 10.2. The number of benzene rings is 1. The van der Waals surface area contributed by atoms with Crippen molar-refractivity contribution in [1.82, 2.24) is 9.97 Å². The van der Waals surface area contributed by atoms with Crippen LogP contribution in [0.25, 0.3) is 0 Å². The first kappa shape index (κ1) is 16.2. The second kappa shape index (κ2) is 6.32. The number of anilines is 2. The molecule has 2 rings (SSSR count). The predicted molar refractivity (Wildman–Crippen MR) is 89.5 cm³/mol. The van der Waals surface area contributed by atoms with Crippen LogP contribution in [0.15, 0.2) is 30.6 Å². The van der Waals surface area contributed by atoms with Crippen LogP contribution < -0.4 is 10.6 Å². The van der Waals surface area contributed by atoms with Crippen molar-refractivity contribution in [3.63, 3.8) is 0 Å². The first-order valence-electron chi connectivity index (χ1n) is 6.92. The predicted octanol–water partition coefficient (Wildman–Crippen LogP) is 3.90. The zero-order valence-corrected chi connectivity index (χ0v) is 13.8. The Balaban J connectivity index is 2.10. The molecule has 0 aliphatic rings. The molecule has 0 bridgehead atoms. The molecule has 1 heterocycles. The summed E-state index contributed by atoms with van der Waals surface area (Å²) < 4.78 is 0. The maximum atomic E-state index is 12.2. The quantitative estimate of drug-likeness (QED) is 0.900. The van der Waals surface area contributed by atoms with Gasteiger partial charge in [-0.2, -0.15) is 0 Å². The van der Waals surface area contributed by atoms with Gasteiger partial charge < -0.3 is 10.6 Å². The molecule has 1 aromatic carbocycles. The number of carbonyl (C=O) groups excluding carboxylic acids is 1. The van der Waals surface area contributed by atoms with E-state index < -0.39 is 0 Å². The van der Waals surface area contributed by atoms with Gasteiger partial charge in [0.2, 0.25) is 0 Å². The summed E-state index contributed by atoms with van der Waals surface area (Å²) >= 11 is 5.90. The fourth-order valence-corrected chi connectivity index (χ4v) is 2.07. The van der Waals surface area contributed by atoms with E-state index in [-0.39, 0.29) is 17.1 Å². The monoisotopic (exact) mass is 318 g/mol. The molecule has 1 aromatic heterocycles. The molecule has 0 fully saturated rings. The Morgan fingerprint density at radius 1 is 1.18 bits per heavy atom. The van der Waals surface area contributed by atoms with E-state index in [9.17, 15) is 4.79 Å². The molecule has 0 saturated carbocycles. The molecule has 22 heavy (non-hydrogen) atoms. The van der Waals surface area contributed by atoms with Crippen LogP contribution in [0.4, 0.5) is 11.5 Å². The number of nitrogens with one attached hydrogen (secondary N) is 2. The normalized spacial score (nSPS) is 11.1. The van der Waals surface area contributed by atoms with Gasteiger partial charge in [0.25, 0.3) is 5.91 Å². The lowest BCUT2D eigenvalue weighted by atomic mass is 10.1. The lowest BCUT2D eigenvalue weighted by molar-refractivity contribution is 0.102. The van der Waals surface area contributed by atoms with Crippen molar-refractivity contribution in [2.75, 3.05) is 10.6 Å². The molecule has 0 unspecified atom stereocenters. The molecule has 0 aliphatic carbocycles. The van der Waals surface area contributed by atoms with Gasteiger partial charge in [-0.25, -0.2) is 9.97 Å². The van der Waals surface area contributed by atoms with Gasteiger partial charge in [-0.05, 0) is 51.5 Å². The average molecular weight is 319 g/mol. The van der Waals surface area contributed by atoms with Gasteiger partial charge in [0.05, 0.1) is 12.4 Å². The molecule has 116 valence electrons. The molecular formula is C16H19ClN4O. The minimum Gasteiger partial charge on any atom is -0.364 e. The summed E-state index contributed by atoms with van der Waals surface area (Å²) in [5, 5.41) is 6.63. The summed E-state index contributed by atoms with van der Waals surface area (Å²) in [4.78, 5) is 20.5. The molecule has 0 saturated heterocycles. The number of hydrogen-bond acceptors (Lipinski definition) is 4. The van der Waals surface area contributed by atoms with Gasteiger partial charge in [0.1, 0.15) is 11.5 Å². The molecule has 0 atom stereocenters. The highest BCUT2D eigenvalue weighted by atomic mass is 35.5. The van der Waals surface area contributed by atoms with Crippen LogP contribution in [-0.4, -0.2) is 21.4 Å². The molecule has 2 N–H and O–H groups in total. The van der Waals surface area contributed by atoms with Crippen molar-refractivity contribution in [2.45, 2.75) is 33.2 Å². The Bertz CT molecular complexity index is 678. The molecule has 2 aromatic rings. The fraction of sp³-hybridized carbons (Fsp3) is 0.312. The fourth-order valence-electron chi connectivity index (χ4n) is 1.85. The highest BCUT2D eigenvalue weighted by Crippen LogP contribution is 2.20. The standard InChI is InChI=1S/C16H19ClN4O/c1-10-7-11(17)5-6-12(10)20-15(22)13-8-19-14(9-18-13)21-16(2,3)4/h5-9H,1-4H3,(H,19,21)(H,20,22). The summed E-state index contributed by atoms with van der Waals surface area (Å²) in [6.45, 7) is 7.96. The minimum absolute atomic E-state index is 0.112. The zero-order valence-electron chi connectivity index (χ0n) is 13.1. The molecular weight excluding hydrogens is 300 g/mol. The van der Waals surface area contributed by atoms with Crippen molar-refractivity contribution < 1.29 is 4.79 Å². The van der Waals surface area contributed by atoms with E-state index in [2.05, 4.69) is 20.6 Å². The average Bonchev–Trinajstić information content (AvgIpc) is 2.41. The van der Waals surface area contributed by atoms with Gasteiger partial charge in [0, 0.05) is 16.2 Å². The summed E-state index contributed by atoms with van der Waals surface area (Å²) in [5.74, 6) is 0.326. The molecule has 0 spiro atoms. The highest BCUT2D eigenvalue weighted by molar-refractivity contribution is 6.30. The van der Waals surface area contributed by atoms with Crippen molar-refractivity contribution in [1.29, 1.82) is 0 Å². The second-order valence-electron chi connectivity index (χ2n) is 6.08. The summed E-state index contributed by atoms with van der Waals surface area (Å²) in [6, 6.07) is 5.28. The van der Waals surface area contributed by atoms with Gasteiger partial charge in [-0.15, -0.1) is 0 Å². The van der Waals surface area contributed by atoms with Gasteiger partial charge in [0.15, 0.2) is 0 Å². The van der Waals surface area contributed by atoms with Crippen LogP contribution in [0, 0.1) is 6.92 Å². The lowest BCUT2D eigenvalue weighted by Gasteiger charge is -2.20. The maximum absolute atomic E-state index is 12.2. The molecule has 5 nitrogen and oxygen atoms in total. The maximum Gasteiger partial charge on any atom is 0.275 e. The molecule has 0 radical (unpaired) electrons. The molecule has 6 heteroatoms. The van der Waals surface area contributed by atoms with Gasteiger partial charge in [-0.1, -0.05) is 11.6 Å². The van der Waals surface area contributed by atoms with Crippen LogP contribution in [0.5, 0.6) is 0 Å². The Morgan fingerprint density at radius 2 is 1.91 bits per heavy atom. The van der Waals surface area contributed by atoms with E-state index in [1.54, 1.807) is 24.4 Å². The number of aryl methyl sites for hydroxylation is 1. The largest absolute Gasteiger partial charge is 0.364 e. The third-order valence-corrected chi connectivity index (χ3v) is 3.06. The lowest BCUT2D eigenvalue weighted by Crippen LogP contribution is -2.27. The van der Waals surface area contributed by atoms with Crippen LogP contribution in [0.3, 0.4) is 0 Å². The third-order valence-electron chi connectivity index (χ3n) is 2.82. The number of hydrogen-bond donors (Lipinski definition) is 2. The number of nitrogens with zero attached hydrogens (tertiary/aromatic N) is 2. The number of halogens is 1. The SMILES string of the molecule is Cc1cc(Cl)ccc1NC(=O)c1cnc(NC(C)(C)C)cn1. The topological polar surface area (TPSA) is 66.9 Å². The van der Waals surface area contributed by atoms with Crippen LogP contribution >= 0.6 is 11.6 Å². The van der Waals surface area contributed by atoms with E-state index in [1.165, 1.54) is 6.20 Å². The molecule has 1 amide bonds. The molecule has 0 aliphatic heterocycles. The van der Waals surface area contributed by atoms with Crippen molar-refractivity contribution in [3.05, 3.63) is 46.9 Å². The van der Waals surface area contributed by atoms with E-state index in [1.807, 2.05) is 27.7 Å². The van der Waals surface area contributed by atoms with Crippen LogP contribution in [0.2, 0.25) is 5.02 Å². The summed E-state index contributed by atoms with van der Waals surface area (Å²) in [6.07, 6.45) is 3.00. The Labute approximate surface area is 135 Å². The van der Waals surface area contributed by atoms with Crippen molar-refractivity contribution >= 4 is 29.0 Å². The van der Waals surface area contributed by atoms with Gasteiger partial charge in [-0.3, -0.25) is 4.79 Å². The number of rotatable bonds is 3. The second-order valence-corrected chi connectivity index (χ2v) is 6.51. The third kappa shape index (κ3) is 4.43. The summed E-state index contributed by atoms with van der Waals surface area (Å²) in [7, 11) is 0. The van der Waals surface area contributed by atoms with E-state index in [0.29, 0.717) is 16.5 Å². The Kier molecular flexibility index (Phi) is 4.66. The van der Waals surface area contributed by atoms with Crippen molar-refractivity contribution in [3.8, 4) is 0 Å². The van der Waals surface area contributed by atoms with Crippen LogP contribution in [-0.2, 0) is 0 Å². The minimum atomic E-state index is -0.305. The Morgan fingerprint density at radius 3 is 2.45 bits per heavy atom. The highest BCUT2D eigenvalue weighted by Gasteiger charge is 2.13. The number of aromatic nitrogens is 2. The van der Waals surface area contributed by atoms with Crippen LogP contribution in [0.1, 0.15) is 36.8 Å². The zero-order chi connectivity index (χ0) is 16.3. The number of carbonyl (C=O) groups is 1. The summed E-state index contributed by atoms with van der Waals surface area (Å²) in [5.41, 5.74) is 1.74. The number of amides is 1. The van der Waals surface area contributed by atoms with E-state index >= 15 is 0 Å². The first-order valence-corrected chi connectivity index (χ1v) is 7.30.